The summed E-state index contributed by atoms with van der Waals surface area (Å²) < 4.78 is 31.6. The third-order valence-electron chi connectivity index (χ3n) is 7.50. The van der Waals surface area contributed by atoms with Gasteiger partial charge >= 0.3 is 12.2 Å². The second-order valence-corrected chi connectivity index (χ2v) is 10.6. The first kappa shape index (κ1) is 28.2. The molecule has 0 radical (unpaired) electrons. The number of aromatic nitrogens is 2. The fraction of sp³-hybridized carbons (Fsp3) is 0.233. The molecule has 3 aromatic carbocycles. The van der Waals surface area contributed by atoms with Gasteiger partial charge in [-0.25, -0.2) is 14.0 Å². The van der Waals surface area contributed by atoms with Crippen molar-refractivity contribution in [2.45, 2.75) is 24.4 Å². The number of likely N-dealkylation sites (tertiary alicyclic amines) is 1. The van der Waals surface area contributed by atoms with E-state index >= 15 is 4.39 Å². The predicted molar refractivity (Wildman–Crippen MR) is 153 cm³/mol. The van der Waals surface area contributed by atoms with Gasteiger partial charge in [0.05, 0.1) is 29.9 Å². The third-order valence-corrected chi connectivity index (χ3v) is 7.79. The van der Waals surface area contributed by atoms with Crippen LogP contribution in [0.4, 0.5) is 25.4 Å². The van der Waals surface area contributed by atoms with E-state index in [0.29, 0.717) is 11.3 Å². The van der Waals surface area contributed by atoms with E-state index in [0.717, 1.165) is 5.56 Å². The summed E-state index contributed by atoms with van der Waals surface area (Å²) in [6.45, 7) is 0.114. The van der Waals surface area contributed by atoms with Gasteiger partial charge in [-0.05, 0) is 48.4 Å². The highest BCUT2D eigenvalue weighted by Gasteiger charge is 2.51. The van der Waals surface area contributed by atoms with Crippen LogP contribution in [0.2, 0.25) is 5.02 Å². The summed E-state index contributed by atoms with van der Waals surface area (Å²) >= 11 is 6.08. The molecule has 220 valence electrons. The van der Waals surface area contributed by atoms with Gasteiger partial charge in [-0.1, -0.05) is 41.9 Å². The molecular weight excluding hydrogens is 581 g/mol. The number of halogens is 2. The van der Waals surface area contributed by atoms with E-state index < -0.39 is 29.5 Å². The number of amides is 3. The summed E-state index contributed by atoms with van der Waals surface area (Å²) in [5.41, 5.74) is 0.908. The molecule has 1 spiro atoms. The average Bonchev–Trinajstić information content (AvgIpc) is 3.66. The largest absolute Gasteiger partial charge is 0.453 e. The standard InChI is InChI=1S/C30H25ClFN5O6/c1-41-28(39)33-19-9-7-18(8-10-19)25-35-36-26(42-25)20(15-17-5-3-2-4-6-17)27(38)37-14-13-30(16-37)23-22(34-29(40)43-30)12-11-21(31)24(23)32/h2-12,20H,13-16H2,1H3,(H,33,39)(H,34,40)/t20?,30-/m0/s1. The summed E-state index contributed by atoms with van der Waals surface area (Å²) in [5, 5.41) is 13.3. The van der Waals surface area contributed by atoms with Gasteiger partial charge in [0.1, 0.15) is 5.92 Å². The Bertz CT molecular complexity index is 1700. The van der Waals surface area contributed by atoms with E-state index in [1.165, 1.54) is 24.1 Å². The van der Waals surface area contributed by atoms with E-state index in [9.17, 15) is 14.4 Å². The van der Waals surface area contributed by atoms with Crippen LogP contribution in [0, 0.1) is 5.82 Å². The fourth-order valence-corrected chi connectivity index (χ4v) is 5.59. The SMILES string of the molecule is COC(=O)Nc1ccc(-c2nnc(C(Cc3ccccc3)C(=O)N3CC[C@@]4(C3)OC(=O)Nc3ccc(Cl)c(F)c34)o2)cc1. The molecule has 1 unspecified atom stereocenters. The smallest absolute Gasteiger partial charge is 0.412 e. The second-order valence-electron chi connectivity index (χ2n) is 10.2. The maximum Gasteiger partial charge on any atom is 0.412 e. The maximum absolute atomic E-state index is 15.3. The van der Waals surface area contributed by atoms with Gasteiger partial charge < -0.3 is 18.8 Å². The molecule has 3 amide bonds. The lowest BCUT2D eigenvalue weighted by atomic mass is 9.89. The Morgan fingerprint density at radius 2 is 1.91 bits per heavy atom. The Morgan fingerprint density at radius 1 is 1.14 bits per heavy atom. The van der Waals surface area contributed by atoms with Gasteiger partial charge in [-0.2, -0.15) is 0 Å². The number of ether oxygens (including phenoxy) is 2. The minimum absolute atomic E-state index is 0.0789. The third kappa shape index (κ3) is 5.48. The monoisotopic (exact) mass is 605 g/mol. The van der Waals surface area contributed by atoms with Crippen molar-refractivity contribution in [2.24, 2.45) is 0 Å². The zero-order valence-corrected chi connectivity index (χ0v) is 23.6. The lowest BCUT2D eigenvalue weighted by molar-refractivity contribution is -0.133. The lowest BCUT2D eigenvalue weighted by Gasteiger charge is -2.36. The molecular formula is C30H25ClFN5O6. The minimum Gasteiger partial charge on any atom is -0.453 e. The number of fused-ring (bicyclic) bond motifs is 2. The van der Waals surface area contributed by atoms with E-state index in [1.807, 2.05) is 30.3 Å². The van der Waals surface area contributed by atoms with Crippen LogP contribution in [-0.4, -0.2) is 53.4 Å². The highest BCUT2D eigenvalue weighted by atomic mass is 35.5. The lowest BCUT2D eigenvalue weighted by Crippen LogP contribution is -2.44. The molecule has 3 heterocycles. The van der Waals surface area contributed by atoms with Crippen molar-refractivity contribution in [3.63, 3.8) is 0 Å². The number of methoxy groups -OCH3 is 1. The number of rotatable bonds is 6. The molecule has 0 saturated carbocycles. The second kappa shape index (κ2) is 11.4. The number of anilines is 2. The van der Waals surface area contributed by atoms with Crippen molar-refractivity contribution in [1.82, 2.24) is 15.1 Å². The van der Waals surface area contributed by atoms with Crippen molar-refractivity contribution in [3.05, 3.63) is 94.6 Å². The van der Waals surface area contributed by atoms with Crippen LogP contribution in [-0.2, 0) is 26.3 Å². The summed E-state index contributed by atoms with van der Waals surface area (Å²) in [7, 11) is 1.27. The molecule has 4 aromatic rings. The Hall–Kier alpha value is -4.97. The highest BCUT2D eigenvalue weighted by Crippen LogP contribution is 2.46. The first-order valence-electron chi connectivity index (χ1n) is 13.4. The first-order chi connectivity index (χ1) is 20.8. The normalized spacial score (nSPS) is 18.0. The molecule has 11 nitrogen and oxygen atoms in total. The topological polar surface area (TPSA) is 136 Å². The summed E-state index contributed by atoms with van der Waals surface area (Å²) in [4.78, 5) is 39.5. The number of carbonyl (C=O) groups excluding carboxylic acids is 3. The Morgan fingerprint density at radius 3 is 2.65 bits per heavy atom. The van der Waals surface area contributed by atoms with Crippen molar-refractivity contribution < 1.29 is 32.7 Å². The zero-order valence-electron chi connectivity index (χ0n) is 22.8. The van der Waals surface area contributed by atoms with Crippen molar-refractivity contribution in [2.75, 3.05) is 30.8 Å². The molecule has 13 heteroatoms. The number of hydrogen-bond acceptors (Lipinski definition) is 8. The Labute approximate surface area is 249 Å². The molecule has 1 aromatic heterocycles. The van der Waals surface area contributed by atoms with E-state index in [1.54, 1.807) is 24.3 Å². The van der Waals surface area contributed by atoms with Gasteiger partial charge in [-0.3, -0.25) is 15.4 Å². The van der Waals surface area contributed by atoms with Gasteiger partial charge in [0.25, 0.3) is 0 Å². The molecule has 2 atom stereocenters. The number of nitrogens with zero attached hydrogens (tertiary/aromatic N) is 3. The van der Waals surface area contributed by atoms with E-state index in [2.05, 4.69) is 25.6 Å². The number of nitrogens with one attached hydrogen (secondary N) is 2. The molecule has 1 fully saturated rings. The number of hydrogen-bond donors (Lipinski definition) is 2. The van der Waals surface area contributed by atoms with Gasteiger partial charge in [0, 0.05) is 24.2 Å². The summed E-state index contributed by atoms with van der Waals surface area (Å²) in [6.07, 6.45) is -0.911. The molecule has 0 bridgehead atoms. The Balaban J connectivity index is 1.29. The van der Waals surface area contributed by atoms with Crippen LogP contribution in [0.5, 0.6) is 0 Å². The summed E-state index contributed by atoms with van der Waals surface area (Å²) in [5.74, 6) is -1.64. The molecule has 1 saturated heterocycles. The van der Waals surface area contributed by atoms with Gasteiger partial charge in [0.15, 0.2) is 11.4 Å². The van der Waals surface area contributed by atoms with Crippen LogP contribution in [0.1, 0.15) is 29.4 Å². The predicted octanol–water partition coefficient (Wildman–Crippen LogP) is 5.72. The van der Waals surface area contributed by atoms with Crippen molar-refractivity contribution in [1.29, 1.82) is 0 Å². The Kier molecular flexibility index (Phi) is 7.45. The first-order valence-corrected chi connectivity index (χ1v) is 13.7. The highest BCUT2D eigenvalue weighted by molar-refractivity contribution is 6.31. The average molecular weight is 606 g/mol. The maximum atomic E-state index is 15.3. The van der Waals surface area contributed by atoms with Crippen LogP contribution in [0.15, 0.2) is 71.1 Å². The fourth-order valence-electron chi connectivity index (χ4n) is 5.43. The quantitative estimate of drug-likeness (QED) is 0.285. The number of benzene rings is 3. The van der Waals surface area contributed by atoms with Crippen LogP contribution in [0.3, 0.4) is 0 Å². The van der Waals surface area contributed by atoms with Crippen LogP contribution in [0.25, 0.3) is 11.5 Å². The molecule has 2 N–H and O–H groups in total. The zero-order chi connectivity index (χ0) is 30.1. The molecule has 6 rings (SSSR count). The molecule has 0 aliphatic carbocycles. The van der Waals surface area contributed by atoms with E-state index in [-0.39, 0.29) is 59.9 Å². The van der Waals surface area contributed by atoms with Crippen molar-refractivity contribution >= 4 is 41.1 Å². The molecule has 43 heavy (non-hydrogen) atoms. The van der Waals surface area contributed by atoms with Crippen LogP contribution >= 0.6 is 11.6 Å². The van der Waals surface area contributed by atoms with E-state index in [4.69, 9.17) is 20.8 Å². The van der Waals surface area contributed by atoms with Gasteiger partial charge in [0.2, 0.25) is 17.7 Å². The van der Waals surface area contributed by atoms with Crippen LogP contribution < -0.4 is 10.6 Å². The number of carbonyl (C=O) groups is 3. The summed E-state index contributed by atoms with van der Waals surface area (Å²) in [6, 6.07) is 18.9. The molecule has 2 aliphatic rings. The molecule has 2 aliphatic heterocycles. The van der Waals surface area contributed by atoms with Crippen molar-refractivity contribution in [3.8, 4) is 11.5 Å². The minimum atomic E-state index is -1.40. The van der Waals surface area contributed by atoms with Gasteiger partial charge in [-0.15, -0.1) is 10.2 Å².